The monoisotopic (exact) mass is 188 g/mol. The molecule has 0 amide bonds. The van der Waals surface area contributed by atoms with E-state index in [-0.39, 0.29) is 0 Å². The molecule has 0 unspecified atom stereocenters. The first-order valence-electron chi connectivity index (χ1n) is 4.10. The predicted molar refractivity (Wildman–Crippen MR) is 57.0 cm³/mol. The smallest absolute Gasteiger partial charge is 0.169 e. The van der Waals surface area contributed by atoms with Crippen LogP contribution in [0, 0.1) is 0 Å². The summed E-state index contributed by atoms with van der Waals surface area (Å²) in [5.41, 5.74) is 0. The lowest BCUT2D eigenvalue weighted by atomic mass is 10.3. The Balaban J connectivity index is 3.09. The average molecular weight is 188 g/mol. The predicted octanol–water partition coefficient (Wildman–Crippen LogP) is 3.20. The van der Waals surface area contributed by atoms with E-state index in [9.17, 15) is 0 Å². The molecule has 0 saturated heterocycles. The first-order valence-corrected chi connectivity index (χ1v) is 4.10. The van der Waals surface area contributed by atoms with Gasteiger partial charge in [-0.05, 0) is 24.3 Å². The van der Waals surface area contributed by atoms with E-state index in [1.807, 2.05) is 0 Å². The Bertz CT molecular complexity index is 289. The zero-order valence-electron chi connectivity index (χ0n) is 7.95. The number of rotatable bonds is 4. The maximum Gasteiger partial charge on any atom is 0.169 e. The van der Waals surface area contributed by atoms with Crippen molar-refractivity contribution in [3.8, 4) is 0 Å². The van der Waals surface area contributed by atoms with Gasteiger partial charge in [0.15, 0.2) is 23.0 Å². The van der Waals surface area contributed by atoms with E-state index in [0.29, 0.717) is 23.0 Å². The molecule has 1 rings (SSSR count). The van der Waals surface area contributed by atoms with Crippen LogP contribution in [-0.4, -0.2) is 0 Å². The highest BCUT2D eigenvalue weighted by Gasteiger charge is 2.16. The first kappa shape index (κ1) is 10.1. The third-order valence-corrected chi connectivity index (χ3v) is 1.67. The highest BCUT2D eigenvalue weighted by molar-refractivity contribution is 5.34. The number of hydrogen-bond acceptors (Lipinski definition) is 2. The number of allylic oxidation sites excluding steroid dienone is 4. The van der Waals surface area contributed by atoms with Crippen LogP contribution in [0.2, 0.25) is 0 Å². The van der Waals surface area contributed by atoms with Gasteiger partial charge in [0.2, 0.25) is 0 Å². The van der Waals surface area contributed by atoms with Crippen LogP contribution in [-0.2, 0) is 9.47 Å². The van der Waals surface area contributed by atoms with Crippen LogP contribution in [0.15, 0.2) is 73.7 Å². The van der Waals surface area contributed by atoms with Crippen LogP contribution in [0.3, 0.4) is 0 Å². The van der Waals surface area contributed by atoms with Crippen molar-refractivity contribution in [3.63, 3.8) is 0 Å². The second-order valence-corrected chi connectivity index (χ2v) is 2.48. The van der Waals surface area contributed by atoms with Crippen molar-refractivity contribution in [1.29, 1.82) is 0 Å². The van der Waals surface area contributed by atoms with Crippen molar-refractivity contribution in [3.05, 3.63) is 73.7 Å². The summed E-state index contributed by atoms with van der Waals surface area (Å²) in [5.74, 6) is 2.11. The van der Waals surface area contributed by atoms with E-state index < -0.39 is 0 Å². The molecule has 0 aliphatic carbocycles. The molecule has 0 spiro atoms. The van der Waals surface area contributed by atoms with Gasteiger partial charge in [-0.15, -0.1) is 0 Å². The normalized spacial score (nSPS) is 15.4. The van der Waals surface area contributed by atoms with Crippen LogP contribution in [0.1, 0.15) is 0 Å². The Morgan fingerprint density at radius 3 is 0.929 bits per heavy atom. The van der Waals surface area contributed by atoms with Gasteiger partial charge in [-0.1, -0.05) is 26.3 Å². The summed E-state index contributed by atoms with van der Waals surface area (Å²) in [4.78, 5) is 0. The van der Waals surface area contributed by atoms with Gasteiger partial charge in [0.1, 0.15) is 0 Å². The molecule has 0 radical (unpaired) electrons. The van der Waals surface area contributed by atoms with Crippen LogP contribution >= 0.6 is 0 Å². The van der Waals surface area contributed by atoms with Gasteiger partial charge < -0.3 is 9.47 Å². The summed E-state index contributed by atoms with van der Waals surface area (Å²) in [5, 5.41) is 0. The summed E-state index contributed by atoms with van der Waals surface area (Å²) in [6.45, 7) is 14.4. The fourth-order valence-corrected chi connectivity index (χ4v) is 1.01. The highest BCUT2D eigenvalue weighted by atomic mass is 16.6. The summed E-state index contributed by atoms with van der Waals surface area (Å²) in [7, 11) is 0. The summed E-state index contributed by atoms with van der Waals surface area (Å²) in [6.07, 6.45) is 6.22. The van der Waals surface area contributed by atoms with Gasteiger partial charge in [-0.3, -0.25) is 0 Å². The van der Waals surface area contributed by atoms with E-state index in [2.05, 4.69) is 26.3 Å². The first-order chi connectivity index (χ1) is 6.76. The SMILES string of the molecule is C=CC1=C(C=C)OC(C=C)=C(C=C)O1. The lowest BCUT2D eigenvalue weighted by molar-refractivity contribution is 0.209. The average Bonchev–Trinajstić information content (AvgIpc) is 2.26. The number of hydrogen-bond donors (Lipinski definition) is 0. The fourth-order valence-electron chi connectivity index (χ4n) is 1.01. The summed E-state index contributed by atoms with van der Waals surface area (Å²) < 4.78 is 10.9. The molecule has 0 bridgehead atoms. The summed E-state index contributed by atoms with van der Waals surface area (Å²) in [6, 6.07) is 0. The third-order valence-electron chi connectivity index (χ3n) is 1.67. The van der Waals surface area contributed by atoms with Gasteiger partial charge in [0.05, 0.1) is 0 Å². The van der Waals surface area contributed by atoms with Crippen LogP contribution < -0.4 is 0 Å². The Kier molecular flexibility index (Phi) is 3.13. The van der Waals surface area contributed by atoms with Crippen molar-refractivity contribution < 1.29 is 9.47 Å². The maximum atomic E-state index is 5.45. The second kappa shape index (κ2) is 4.33. The van der Waals surface area contributed by atoms with Crippen molar-refractivity contribution in [2.75, 3.05) is 0 Å². The minimum Gasteiger partial charge on any atom is -0.450 e. The quantitative estimate of drug-likeness (QED) is 0.674. The second-order valence-electron chi connectivity index (χ2n) is 2.48. The molecular weight excluding hydrogens is 176 g/mol. The lowest BCUT2D eigenvalue weighted by Gasteiger charge is -2.20. The molecule has 0 aromatic carbocycles. The number of ether oxygens (including phenoxy) is 2. The highest BCUT2D eigenvalue weighted by Crippen LogP contribution is 2.27. The molecule has 2 heteroatoms. The molecule has 0 aromatic heterocycles. The molecule has 0 atom stereocenters. The van der Waals surface area contributed by atoms with Gasteiger partial charge in [-0.2, -0.15) is 0 Å². The van der Waals surface area contributed by atoms with Gasteiger partial charge >= 0.3 is 0 Å². The fraction of sp³-hybridized carbons (Fsp3) is 0. The van der Waals surface area contributed by atoms with E-state index in [1.54, 1.807) is 24.3 Å². The van der Waals surface area contributed by atoms with Crippen molar-refractivity contribution in [2.24, 2.45) is 0 Å². The van der Waals surface area contributed by atoms with Gasteiger partial charge in [0.25, 0.3) is 0 Å². The Labute approximate surface area is 83.8 Å². The Hall–Kier alpha value is -1.96. The minimum absolute atomic E-state index is 0.528. The standard InChI is InChI=1S/C12H12O2/c1-5-9-10(6-2)14-12(8-4)11(7-3)13-9/h5-8H,1-4H2. The van der Waals surface area contributed by atoms with E-state index in [4.69, 9.17) is 9.47 Å². The maximum absolute atomic E-state index is 5.45. The molecule has 0 saturated carbocycles. The molecule has 72 valence electrons. The Morgan fingerprint density at radius 2 is 0.786 bits per heavy atom. The van der Waals surface area contributed by atoms with Crippen molar-refractivity contribution in [2.45, 2.75) is 0 Å². The molecule has 1 heterocycles. The zero-order valence-corrected chi connectivity index (χ0v) is 7.95. The van der Waals surface area contributed by atoms with E-state index in [0.717, 1.165) is 0 Å². The third kappa shape index (κ3) is 1.69. The zero-order chi connectivity index (χ0) is 10.6. The molecule has 1 aliphatic rings. The van der Waals surface area contributed by atoms with Crippen LogP contribution in [0.5, 0.6) is 0 Å². The lowest BCUT2D eigenvalue weighted by Crippen LogP contribution is -2.06. The largest absolute Gasteiger partial charge is 0.450 e. The van der Waals surface area contributed by atoms with Crippen LogP contribution in [0.25, 0.3) is 0 Å². The van der Waals surface area contributed by atoms with Gasteiger partial charge in [-0.25, -0.2) is 0 Å². The topological polar surface area (TPSA) is 18.5 Å². The molecule has 1 aliphatic heterocycles. The van der Waals surface area contributed by atoms with Crippen molar-refractivity contribution in [1.82, 2.24) is 0 Å². The molecule has 14 heavy (non-hydrogen) atoms. The molecule has 0 N–H and O–H groups in total. The molecular formula is C12H12O2. The molecule has 0 fully saturated rings. The van der Waals surface area contributed by atoms with Crippen LogP contribution in [0.4, 0.5) is 0 Å². The Morgan fingerprint density at radius 1 is 0.571 bits per heavy atom. The minimum atomic E-state index is 0.528. The van der Waals surface area contributed by atoms with E-state index in [1.165, 1.54) is 0 Å². The van der Waals surface area contributed by atoms with Gasteiger partial charge in [0, 0.05) is 0 Å². The van der Waals surface area contributed by atoms with E-state index >= 15 is 0 Å². The van der Waals surface area contributed by atoms with Crippen molar-refractivity contribution >= 4 is 0 Å². The molecule has 0 aromatic rings. The molecule has 2 nitrogen and oxygen atoms in total. The summed E-state index contributed by atoms with van der Waals surface area (Å²) >= 11 is 0.